The SMILES string of the molecule is CCOC(=O)C(C)=C(CC)C1CCCC2CCCCC21. The number of fused-ring (bicyclic) bond motifs is 1. The largest absolute Gasteiger partial charge is 0.463 e. The Morgan fingerprint density at radius 2 is 1.75 bits per heavy atom. The van der Waals surface area contributed by atoms with Crippen molar-refractivity contribution in [3.05, 3.63) is 11.1 Å². The normalized spacial score (nSPS) is 31.2. The number of hydrogen-bond donors (Lipinski definition) is 0. The molecule has 0 radical (unpaired) electrons. The molecule has 0 saturated heterocycles. The molecule has 0 aliphatic heterocycles. The highest BCUT2D eigenvalue weighted by atomic mass is 16.5. The molecule has 0 heterocycles. The van der Waals surface area contributed by atoms with Crippen molar-refractivity contribution in [2.45, 2.75) is 72.1 Å². The van der Waals surface area contributed by atoms with Crippen LogP contribution in [0.5, 0.6) is 0 Å². The van der Waals surface area contributed by atoms with E-state index in [9.17, 15) is 4.79 Å². The van der Waals surface area contributed by atoms with Crippen molar-refractivity contribution >= 4 is 5.97 Å². The van der Waals surface area contributed by atoms with Crippen LogP contribution in [0.1, 0.15) is 72.1 Å². The summed E-state index contributed by atoms with van der Waals surface area (Å²) in [6.07, 6.45) is 10.6. The minimum atomic E-state index is -0.0951. The molecule has 0 amide bonds. The molecule has 2 saturated carbocycles. The predicted octanol–water partition coefficient (Wildman–Crippen LogP) is 4.88. The summed E-state index contributed by atoms with van der Waals surface area (Å²) in [6.45, 7) is 6.53. The van der Waals surface area contributed by atoms with Crippen molar-refractivity contribution in [1.82, 2.24) is 0 Å². The van der Waals surface area contributed by atoms with E-state index in [1.54, 1.807) is 0 Å². The third-order valence-electron chi connectivity index (χ3n) is 5.47. The summed E-state index contributed by atoms with van der Waals surface area (Å²) in [5.74, 6) is 2.29. The van der Waals surface area contributed by atoms with Gasteiger partial charge in [-0.1, -0.05) is 44.6 Å². The summed E-state index contributed by atoms with van der Waals surface area (Å²) >= 11 is 0. The van der Waals surface area contributed by atoms with E-state index >= 15 is 0 Å². The molecule has 0 aromatic rings. The maximum Gasteiger partial charge on any atom is 0.333 e. The highest BCUT2D eigenvalue weighted by Gasteiger charge is 2.37. The predicted molar refractivity (Wildman–Crippen MR) is 82.4 cm³/mol. The van der Waals surface area contributed by atoms with E-state index < -0.39 is 0 Å². The van der Waals surface area contributed by atoms with Crippen molar-refractivity contribution in [3.8, 4) is 0 Å². The molecule has 0 aromatic heterocycles. The van der Waals surface area contributed by atoms with Gasteiger partial charge in [0, 0.05) is 5.57 Å². The van der Waals surface area contributed by atoms with Gasteiger partial charge < -0.3 is 4.74 Å². The Balaban J connectivity index is 2.20. The number of carbonyl (C=O) groups is 1. The first kappa shape index (κ1) is 15.6. The molecule has 0 spiro atoms. The molecular weight excluding hydrogens is 248 g/mol. The monoisotopic (exact) mass is 278 g/mol. The Kier molecular flexibility index (Phi) is 5.68. The summed E-state index contributed by atoms with van der Waals surface area (Å²) in [4.78, 5) is 12.1. The minimum Gasteiger partial charge on any atom is -0.463 e. The lowest BCUT2D eigenvalue weighted by atomic mass is 9.62. The number of carbonyl (C=O) groups excluding carboxylic acids is 1. The van der Waals surface area contributed by atoms with Gasteiger partial charge in [-0.15, -0.1) is 0 Å². The zero-order valence-electron chi connectivity index (χ0n) is 13.4. The van der Waals surface area contributed by atoms with Crippen LogP contribution >= 0.6 is 0 Å². The summed E-state index contributed by atoms with van der Waals surface area (Å²) in [7, 11) is 0. The number of esters is 1. The summed E-state index contributed by atoms with van der Waals surface area (Å²) < 4.78 is 5.22. The van der Waals surface area contributed by atoms with E-state index in [1.807, 2.05) is 13.8 Å². The smallest absolute Gasteiger partial charge is 0.333 e. The van der Waals surface area contributed by atoms with Gasteiger partial charge in [0.2, 0.25) is 0 Å². The molecule has 0 N–H and O–H groups in total. The Bertz CT molecular complexity index is 368. The minimum absolute atomic E-state index is 0.0951. The number of hydrogen-bond acceptors (Lipinski definition) is 2. The molecule has 3 unspecified atom stereocenters. The maximum absolute atomic E-state index is 12.1. The Morgan fingerprint density at radius 3 is 2.45 bits per heavy atom. The fourth-order valence-corrected chi connectivity index (χ4v) is 4.55. The second-order valence-corrected chi connectivity index (χ2v) is 6.47. The van der Waals surface area contributed by atoms with Crippen molar-refractivity contribution in [2.75, 3.05) is 6.61 Å². The zero-order chi connectivity index (χ0) is 14.5. The van der Waals surface area contributed by atoms with Gasteiger partial charge in [0.25, 0.3) is 0 Å². The second kappa shape index (κ2) is 7.28. The fraction of sp³-hybridized carbons (Fsp3) is 0.833. The first-order chi connectivity index (χ1) is 9.69. The van der Waals surface area contributed by atoms with Crippen LogP contribution in [0.4, 0.5) is 0 Å². The van der Waals surface area contributed by atoms with E-state index in [-0.39, 0.29) is 5.97 Å². The van der Waals surface area contributed by atoms with Gasteiger partial charge in [-0.3, -0.25) is 0 Å². The Morgan fingerprint density at radius 1 is 1.05 bits per heavy atom. The average molecular weight is 278 g/mol. The molecule has 20 heavy (non-hydrogen) atoms. The topological polar surface area (TPSA) is 26.3 Å². The molecule has 2 nitrogen and oxygen atoms in total. The maximum atomic E-state index is 12.1. The number of allylic oxidation sites excluding steroid dienone is 1. The van der Waals surface area contributed by atoms with E-state index in [1.165, 1.54) is 50.5 Å². The lowest BCUT2D eigenvalue weighted by Crippen LogP contribution is -2.32. The standard InChI is InChI=1S/C18H30O2/c1-4-15(13(3)18(19)20-5-2)17-12-8-10-14-9-6-7-11-16(14)17/h14,16-17H,4-12H2,1-3H3. The van der Waals surface area contributed by atoms with Gasteiger partial charge in [0.15, 0.2) is 0 Å². The van der Waals surface area contributed by atoms with Gasteiger partial charge in [0.1, 0.15) is 0 Å². The summed E-state index contributed by atoms with van der Waals surface area (Å²) in [5.41, 5.74) is 2.28. The first-order valence-corrected chi connectivity index (χ1v) is 8.55. The number of rotatable bonds is 4. The zero-order valence-corrected chi connectivity index (χ0v) is 13.4. The molecule has 2 fully saturated rings. The molecule has 2 aliphatic carbocycles. The second-order valence-electron chi connectivity index (χ2n) is 6.47. The lowest BCUT2D eigenvalue weighted by Gasteiger charge is -2.43. The van der Waals surface area contributed by atoms with Crippen LogP contribution in [-0.4, -0.2) is 12.6 Å². The van der Waals surface area contributed by atoms with Crippen molar-refractivity contribution in [2.24, 2.45) is 17.8 Å². The molecule has 2 rings (SSSR count). The molecule has 2 heteroatoms. The highest BCUT2D eigenvalue weighted by molar-refractivity contribution is 5.88. The Hall–Kier alpha value is -0.790. The van der Waals surface area contributed by atoms with Crippen molar-refractivity contribution in [1.29, 1.82) is 0 Å². The highest BCUT2D eigenvalue weighted by Crippen LogP contribution is 2.47. The molecule has 2 aliphatic rings. The fourth-order valence-electron chi connectivity index (χ4n) is 4.55. The van der Waals surface area contributed by atoms with Crippen LogP contribution in [0.3, 0.4) is 0 Å². The van der Waals surface area contributed by atoms with Crippen LogP contribution in [0, 0.1) is 17.8 Å². The lowest BCUT2D eigenvalue weighted by molar-refractivity contribution is -0.138. The van der Waals surface area contributed by atoms with Crippen LogP contribution in [0.25, 0.3) is 0 Å². The molecular formula is C18H30O2. The van der Waals surface area contributed by atoms with Crippen LogP contribution in [0.2, 0.25) is 0 Å². The quantitative estimate of drug-likeness (QED) is 0.541. The first-order valence-electron chi connectivity index (χ1n) is 8.55. The van der Waals surface area contributed by atoms with Crippen LogP contribution < -0.4 is 0 Å². The summed E-state index contributed by atoms with van der Waals surface area (Å²) in [6, 6.07) is 0. The third kappa shape index (κ3) is 3.27. The average Bonchev–Trinajstić information content (AvgIpc) is 2.48. The third-order valence-corrected chi connectivity index (χ3v) is 5.47. The van der Waals surface area contributed by atoms with Gasteiger partial charge >= 0.3 is 5.97 Å². The van der Waals surface area contributed by atoms with E-state index in [0.29, 0.717) is 12.5 Å². The van der Waals surface area contributed by atoms with Gasteiger partial charge in [-0.2, -0.15) is 0 Å². The van der Waals surface area contributed by atoms with Crippen LogP contribution in [0.15, 0.2) is 11.1 Å². The van der Waals surface area contributed by atoms with Crippen LogP contribution in [-0.2, 0) is 9.53 Å². The van der Waals surface area contributed by atoms with E-state index in [2.05, 4.69) is 6.92 Å². The number of ether oxygens (including phenoxy) is 1. The van der Waals surface area contributed by atoms with E-state index in [0.717, 1.165) is 23.8 Å². The van der Waals surface area contributed by atoms with Gasteiger partial charge in [0.05, 0.1) is 6.61 Å². The molecule has 3 atom stereocenters. The molecule has 0 aromatic carbocycles. The van der Waals surface area contributed by atoms with Gasteiger partial charge in [-0.05, 0) is 50.9 Å². The molecule has 0 bridgehead atoms. The summed E-state index contributed by atoms with van der Waals surface area (Å²) in [5, 5.41) is 0. The molecule has 114 valence electrons. The van der Waals surface area contributed by atoms with E-state index in [4.69, 9.17) is 4.74 Å². The van der Waals surface area contributed by atoms with Crippen molar-refractivity contribution in [3.63, 3.8) is 0 Å². The Labute approximate surface area is 124 Å². The van der Waals surface area contributed by atoms with Gasteiger partial charge in [-0.25, -0.2) is 4.79 Å². The van der Waals surface area contributed by atoms with Crippen molar-refractivity contribution < 1.29 is 9.53 Å².